The SMILES string of the molecule is CC.CC(c1ccccc1)c1c(N=CN)c2ccccc2c2ccccc12.c1ccc(N(c2ccc3ccccc3c2)c2ccc3c(ccc4c3[nH]c3ccc5oc6ccccc6c5c34)c2)cc1. The van der Waals surface area contributed by atoms with Gasteiger partial charge in [-0.3, -0.25) is 0 Å². The van der Waals surface area contributed by atoms with Crippen LogP contribution in [0.3, 0.4) is 0 Å². The molecular weight excluding hydrogens is 829 g/mol. The number of furan rings is 1. The van der Waals surface area contributed by atoms with Crippen molar-refractivity contribution >= 4 is 116 Å². The Hall–Kier alpha value is -8.67. The van der Waals surface area contributed by atoms with Gasteiger partial charge in [0.1, 0.15) is 11.2 Å². The molecule has 0 aliphatic rings. The van der Waals surface area contributed by atoms with Crippen molar-refractivity contribution in [3.8, 4) is 0 Å². The third kappa shape index (κ3) is 7.26. The molecule has 0 saturated carbocycles. The number of nitrogens with two attached hydrogens (primary N) is 1. The largest absolute Gasteiger partial charge is 0.456 e. The fourth-order valence-corrected chi connectivity index (χ4v) is 10.2. The van der Waals surface area contributed by atoms with E-state index in [9.17, 15) is 0 Å². The van der Waals surface area contributed by atoms with Gasteiger partial charge < -0.3 is 20.0 Å². The van der Waals surface area contributed by atoms with Crippen molar-refractivity contribution in [1.82, 2.24) is 4.98 Å². The van der Waals surface area contributed by atoms with Crippen LogP contribution in [0.5, 0.6) is 0 Å². The highest BCUT2D eigenvalue weighted by Crippen LogP contribution is 2.45. The van der Waals surface area contributed by atoms with Crippen LogP contribution in [-0.4, -0.2) is 11.3 Å². The van der Waals surface area contributed by atoms with E-state index in [1.54, 1.807) is 0 Å². The van der Waals surface area contributed by atoms with E-state index in [0.29, 0.717) is 0 Å². The van der Waals surface area contributed by atoms with Crippen LogP contribution < -0.4 is 10.6 Å². The first kappa shape index (κ1) is 42.0. The van der Waals surface area contributed by atoms with Crippen LogP contribution in [0.15, 0.2) is 228 Å². The van der Waals surface area contributed by atoms with Gasteiger partial charge in [0.05, 0.1) is 17.5 Å². The molecule has 0 amide bonds. The Balaban J connectivity index is 0.000000161. The number of aromatic nitrogens is 1. The Morgan fingerprint density at radius 2 is 1.04 bits per heavy atom. The number of nitrogens with zero attached hydrogens (tertiary/aromatic N) is 2. The maximum absolute atomic E-state index is 6.20. The van der Waals surface area contributed by atoms with Crippen molar-refractivity contribution in [2.24, 2.45) is 10.7 Å². The zero-order chi connectivity index (χ0) is 46.1. The number of aliphatic imine (C=N–C) groups is 1. The monoisotopic (exact) mass is 878 g/mol. The Morgan fingerprint density at radius 3 is 1.79 bits per heavy atom. The van der Waals surface area contributed by atoms with E-state index in [1.807, 2.05) is 32.0 Å². The number of nitrogens with one attached hydrogen (secondary N) is 1. The molecule has 0 radical (unpaired) electrons. The molecule has 3 N–H and O–H groups in total. The van der Waals surface area contributed by atoms with E-state index < -0.39 is 0 Å². The fourth-order valence-electron chi connectivity index (χ4n) is 10.2. The summed E-state index contributed by atoms with van der Waals surface area (Å²) in [5.41, 5.74) is 16.7. The molecule has 1 atom stereocenters. The molecule has 11 aromatic carbocycles. The molecule has 0 spiro atoms. The fraction of sp³-hybridized carbons (Fsp3) is 0.0635. The normalized spacial score (nSPS) is 12.0. The molecule has 68 heavy (non-hydrogen) atoms. The number of hydrogen-bond acceptors (Lipinski definition) is 3. The molecule has 13 aromatic rings. The highest BCUT2D eigenvalue weighted by Gasteiger charge is 2.21. The summed E-state index contributed by atoms with van der Waals surface area (Å²) in [6.45, 7) is 6.24. The third-order valence-electron chi connectivity index (χ3n) is 13.2. The Kier molecular flexibility index (Phi) is 11.1. The van der Waals surface area contributed by atoms with E-state index in [1.165, 1.54) is 71.3 Å². The van der Waals surface area contributed by atoms with Crippen LogP contribution >= 0.6 is 0 Å². The van der Waals surface area contributed by atoms with Gasteiger partial charge in [-0.25, -0.2) is 4.99 Å². The van der Waals surface area contributed by atoms with E-state index in [4.69, 9.17) is 10.2 Å². The number of aromatic amines is 1. The summed E-state index contributed by atoms with van der Waals surface area (Å²) in [5, 5.41) is 14.5. The number of rotatable bonds is 6. The van der Waals surface area contributed by atoms with Gasteiger partial charge in [0.2, 0.25) is 0 Å². The minimum atomic E-state index is 0.217. The predicted molar refractivity (Wildman–Crippen MR) is 292 cm³/mol. The summed E-state index contributed by atoms with van der Waals surface area (Å²) in [6.07, 6.45) is 1.40. The van der Waals surface area contributed by atoms with Crippen LogP contribution in [0.4, 0.5) is 22.7 Å². The van der Waals surface area contributed by atoms with E-state index in [0.717, 1.165) is 55.7 Å². The number of H-pyrrole nitrogens is 1. The van der Waals surface area contributed by atoms with Crippen molar-refractivity contribution in [3.05, 3.63) is 230 Å². The van der Waals surface area contributed by atoms with Gasteiger partial charge in [-0.2, -0.15) is 0 Å². The average molecular weight is 879 g/mol. The molecule has 2 heterocycles. The van der Waals surface area contributed by atoms with Crippen LogP contribution in [0.2, 0.25) is 0 Å². The molecular formula is C63H50N4O. The molecule has 0 fully saturated rings. The minimum Gasteiger partial charge on any atom is -0.456 e. The quantitative estimate of drug-likeness (QED) is 0.0993. The van der Waals surface area contributed by atoms with Crippen LogP contribution in [0, 0.1) is 0 Å². The first-order valence-electron chi connectivity index (χ1n) is 23.5. The lowest BCUT2D eigenvalue weighted by Crippen LogP contribution is -2.09. The second-order valence-corrected chi connectivity index (χ2v) is 16.9. The van der Waals surface area contributed by atoms with Crippen molar-refractivity contribution in [2.75, 3.05) is 4.90 Å². The van der Waals surface area contributed by atoms with Gasteiger partial charge in [-0.1, -0.05) is 185 Å². The van der Waals surface area contributed by atoms with Crippen molar-refractivity contribution in [1.29, 1.82) is 0 Å². The van der Waals surface area contributed by atoms with Crippen molar-refractivity contribution in [2.45, 2.75) is 26.7 Å². The lowest BCUT2D eigenvalue weighted by molar-refractivity contribution is 0.669. The predicted octanol–water partition coefficient (Wildman–Crippen LogP) is 17.8. The molecule has 328 valence electrons. The summed E-state index contributed by atoms with van der Waals surface area (Å²) < 4.78 is 6.20. The first-order valence-corrected chi connectivity index (χ1v) is 23.5. The van der Waals surface area contributed by atoms with Gasteiger partial charge in [-0.05, 0) is 98.0 Å². The molecule has 2 aromatic heterocycles. The summed E-state index contributed by atoms with van der Waals surface area (Å²) in [7, 11) is 0. The number of anilines is 3. The van der Waals surface area contributed by atoms with Crippen molar-refractivity contribution < 1.29 is 4.42 Å². The standard InChI is InChI=1S/C38H24N2O.C23H20N2.C2H6/c1-2-10-27(11-3-1)40(28-16-14-24-8-4-5-9-25(24)22-28)29-17-19-30-26(23-29)15-18-32-36-33(39-38(30)32)20-21-35-37(36)31-12-6-7-13-34(31)41-35;1-16(17-9-3-2-4-10-17)22-20-13-7-5-11-18(20)19-12-6-8-14-21(19)23(22)25-15-24;1-2/h1-23,39H;2-16H,1H3,(H2,24,25);1-2H3. The Labute approximate surface area is 395 Å². The van der Waals surface area contributed by atoms with Crippen LogP contribution in [0.25, 0.3) is 86.8 Å². The van der Waals surface area contributed by atoms with Crippen molar-refractivity contribution in [3.63, 3.8) is 0 Å². The van der Waals surface area contributed by atoms with Crippen LogP contribution in [0.1, 0.15) is 37.8 Å². The lowest BCUT2D eigenvalue weighted by Gasteiger charge is -2.26. The lowest BCUT2D eigenvalue weighted by atomic mass is 9.85. The van der Waals surface area contributed by atoms with E-state index in [2.05, 4.69) is 222 Å². The van der Waals surface area contributed by atoms with Crippen LogP contribution in [-0.2, 0) is 0 Å². The molecule has 13 rings (SSSR count). The maximum atomic E-state index is 6.20. The second kappa shape index (κ2) is 18.0. The molecule has 0 aliphatic carbocycles. The van der Waals surface area contributed by atoms with Gasteiger partial charge in [0, 0.05) is 60.8 Å². The molecule has 1 unspecified atom stereocenters. The number of fused-ring (bicyclic) bond motifs is 13. The number of hydrogen-bond donors (Lipinski definition) is 2. The topological polar surface area (TPSA) is 70.5 Å². The average Bonchev–Trinajstić information content (AvgIpc) is 3.99. The smallest absolute Gasteiger partial charge is 0.136 e. The Bertz CT molecular complexity index is 3980. The number of benzene rings is 11. The minimum absolute atomic E-state index is 0.217. The van der Waals surface area contributed by atoms with E-state index in [-0.39, 0.29) is 5.92 Å². The highest BCUT2D eigenvalue weighted by molar-refractivity contribution is 6.29. The third-order valence-corrected chi connectivity index (χ3v) is 13.2. The molecule has 0 saturated heterocycles. The summed E-state index contributed by atoms with van der Waals surface area (Å²) in [6, 6.07) is 77.1. The molecule has 5 nitrogen and oxygen atoms in total. The van der Waals surface area contributed by atoms with Gasteiger partial charge >= 0.3 is 0 Å². The Morgan fingerprint density at radius 1 is 0.471 bits per heavy atom. The van der Waals surface area contributed by atoms with Gasteiger partial charge in [0.15, 0.2) is 0 Å². The first-order chi connectivity index (χ1) is 33.6. The van der Waals surface area contributed by atoms with Gasteiger partial charge in [0.25, 0.3) is 0 Å². The van der Waals surface area contributed by atoms with Gasteiger partial charge in [-0.15, -0.1) is 0 Å². The summed E-state index contributed by atoms with van der Waals surface area (Å²) in [4.78, 5) is 10.7. The second-order valence-electron chi connectivity index (χ2n) is 16.9. The van der Waals surface area contributed by atoms with E-state index >= 15 is 0 Å². The zero-order valence-corrected chi connectivity index (χ0v) is 38.3. The molecule has 5 heteroatoms. The zero-order valence-electron chi connectivity index (χ0n) is 38.3. The number of para-hydroxylation sites is 2. The molecule has 0 bridgehead atoms. The summed E-state index contributed by atoms with van der Waals surface area (Å²) >= 11 is 0. The highest BCUT2D eigenvalue weighted by atomic mass is 16.3. The maximum Gasteiger partial charge on any atom is 0.136 e. The summed E-state index contributed by atoms with van der Waals surface area (Å²) in [5.74, 6) is 0.217. The molecule has 0 aliphatic heterocycles.